The van der Waals surface area contributed by atoms with E-state index in [9.17, 15) is 4.79 Å². The van der Waals surface area contributed by atoms with E-state index in [1.54, 1.807) is 24.1 Å². The van der Waals surface area contributed by atoms with E-state index < -0.39 is 0 Å². The van der Waals surface area contributed by atoms with Crippen molar-refractivity contribution in [2.75, 3.05) is 20.4 Å². The number of para-hydroxylation sites is 1. The molecule has 0 N–H and O–H groups in total. The van der Waals surface area contributed by atoms with Gasteiger partial charge in [-0.05, 0) is 60.0 Å². The van der Waals surface area contributed by atoms with E-state index in [-0.39, 0.29) is 18.6 Å². The van der Waals surface area contributed by atoms with Crippen molar-refractivity contribution in [3.63, 3.8) is 0 Å². The lowest BCUT2D eigenvalue weighted by Gasteiger charge is -2.26. The van der Waals surface area contributed by atoms with Gasteiger partial charge in [0.05, 0.1) is 13.4 Å². The number of furan rings is 1. The zero-order chi connectivity index (χ0) is 24.9. The van der Waals surface area contributed by atoms with Crippen LogP contribution in [0.25, 0.3) is 0 Å². The van der Waals surface area contributed by atoms with Crippen LogP contribution in [0, 0.1) is 0 Å². The number of amides is 1. The highest BCUT2D eigenvalue weighted by molar-refractivity contribution is 6.30. The van der Waals surface area contributed by atoms with Gasteiger partial charge in [-0.3, -0.25) is 4.79 Å². The summed E-state index contributed by atoms with van der Waals surface area (Å²) >= 11 is 6.07. The first-order chi connectivity index (χ1) is 17.6. The summed E-state index contributed by atoms with van der Waals surface area (Å²) in [6.45, 7) is 1.13. The van der Waals surface area contributed by atoms with Crippen molar-refractivity contribution >= 4 is 17.5 Å². The summed E-state index contributed by atoms with van der Waals surface area (Å²) in [6, 6.07) is 24.9. The number of carbonyl (C=O) groups is 1. The highest BCUT2D eigenvalue weighted by Crippen LogP contribution is 2.40. The van der Waals surface area contributed by atoms with Crippen molar-refractivity contribution in [3.05, 3.63) is 113 Å². The summed E-state index contributed by atoms with van der Waals surface area (Å²) in [5.74, 6) is 2.34. The minimum atomic E-state index is -0.167. The predicted molar refractivity (Wildman–Crippen MR) is 137 cm³/mol. The molecular weight excluding hydrogens is 478 g/mol. The Morgan fingerprint density at radius 2 is 1.81 bits per heavy atom. The van der Waals surface area contributed by atoms with Gasteiger partial charge in [-0.2, -0.15) is 0 Å². The normalized spacial score (nSPS) is 12.8. The molecular formula is C29H26ClNO5. The standard InChI is InChI=1S/C29H26ClNO5/c1-33-25-6-3-2-5-24(25)23(21-10-13-26-28(17-21)36-19-35-26)14-15-31(29(32)27-7-4-16-34-27)18-20-8-11-22(30)12-9-20/h2-13,16-17,23H,14-15,18-19H2,1H3/t23-/m0/s1. The van der Waals surface area contributed by atoms with Crippen molar-refractivity contribution in [1.29, 1.82) is 0 Å². The number of nitrogens with zero attached hydrogens (tertiary/aromatic N) is 1. The largest absolute Gasteiger partial charge is 0.496 e. The van der Waals surface area contributed by atoms with Gasteiger partial charge in [0, 0.05) is 29.6 Å². The second-order valence-electron chi connectivity index (χ2n) is 8.53. The van der Waals surface area contributed by atoms with Crippen LogP contribution in [-0.4, -0.2) is 31.3 Å². The first-order valence-electron chi connectivity index (χ1n) is 11.7. The third-order valence-electron chi connectivity index (χ3n) is 6.31. The number of hydrogen-bond donors (Lipinski definition) is 0. The summed E-state index contributed by atoms with van der Waals surface area (Å²) < 4.78 is 22.3. The molecule has 0 radical (unpaired) electrons. The Hall–Kier alpha value is -3.90. The lowest BCUT2D eigenvalue weighted by molar-refractivity contribution is 0.0707. The average Bonchev–Trinajstić information content (AvgIpc) is 3.61. The quantitative estimate of drug-likeness (QED) is 0.260. The summed E-state index contributed by atoms with van der Waals surface area (Å²) in [6.07, 6.45) is 2.16. The van der Waals surface area contributed by atoms with Crippen molar-refractivity contribution in [3.8, 4) is 17.2 Å². The predicted octanol–water partition coefficient (Wildman–Crippen LogP) is 6.53. The molecule has 6 nitrogen and oxygen atoms in total. The Bertz CT molecular complexity index is 1320. The maximum absolute atomic E-state index is 13.4. The molecule has 0 saturated carbocycles. The molecule has 1 aromatic heterocycles. The maximum Gasteiger partial charge on any atom is 0.289 e. The van der Waals surface area contributed by atoms with E-state index in [1.807, 2.05) is 60.7 Å². The molecule has 0 aliphatic carbocycles. The number of rotatable bonds is 9. The van der Waals surface area contributed by atoms with Gasteiger partial charge in [0.15, 0.2) is 17.3 Å². The lowest BCUT2D eigenvalue weighted by Crippen LogP contribution is -2.32. The van der Waals surface area contributed by atoms with Crippen LogP contribution in [0.4, 0.5) is 0 Å². The number of benzene rings is 3. The van der Waals surface area contributed by atoms with E-state index >= 15 is 0 Å². The zero-order valence-corrected chi connectivity index (χ0v) is 20.6. The Morgan fingerprint density at radius 3 is 2.58 bits per heavy atom. The Morgan fingerprint density at radius 1 is 1.00 bits per heavy atom. The molecule has 184 valence electrons. The molecule has 1 amide bonds. The Labute approximate surface area is 215 Å². The summed E-state index contributed by atoms with van der Waals surface area (Å²) in [7, 11) is 1.67. The fraction of sp³-hybridized carbons (Fsp3) is 0.207. The fourth-order valence-corrected chi connectivity index (χ4v) is 4.62. The van der Waals surface area contributed by atoms with Crippen molar-refractivity contribution in [2.45, 2.75) is 18.9 Å². The maximum atomic E-state index is 13.4. The van der Waals surface area contributed by atoms with Crippen molar-refractivity contribution in [1.82, 2.24) is 4.90 Å². The minimum Gasteiger partial charge on any atom is -0.496 e. The van der Waals surface area contributed by atoms with Crippen LogP contribution in [-0.2, 0) is 6.54 Å². The third-order valence-corrected chi connectivity index (χ3v) is 6.56. The molecule has 0 saturated heterocycles. The smallest absolute Gasteiger partial charge is 0.289 e. The van der Waals surface area contributed by atoms with E-state index in [0.717, 1.165) is 33.9 Å². The number of ether oxygens (including phenoxy) is 3. The molecule has 2 heterocycles. The molecule has 4 aromatic rings. The van der Waals surface area contributed by atoms with Crippen molar-refractivity contribution in [2.24, 2.45) is 0 Å². The first kappa shape index (κ1) is 23.8. The van der Waals surface area contributed by atoms with Crippen LogP contribution in [0.2, 0.25) is 5.02 Å². The topological polar surface area (TPSA) is 61.1 Å². The molecule has 3 aromatic carbocycles. The SMILES string of the molecule is COc1ccccc1[C@@H](CCN(Cc1ccc(Cl)cc1)C(=O)c1ccco1)c1ccc2c(c1)OCO2. The van der Waals surface area contributed by atoms with E-state index in [0.29, 0.717) is 30.3 Å². The fourth-order valence-electron chi connectivity index (χ4n) is 4.49. The van der Waals surface area contributed by atoms with Gasteiger partial charge in [0.25, 0.3) is 5.91 Å². The summed E-state index contributed by atoms with van der Waals surface area (Å²) in [4.78, 5) is 15.2. The van der Waals surface area contributed by atoms with E-state index in [2.05, 4.69) is 6.07 Å². The van der Waals surface area contributed by atoms with E-state index in [4.69, 9.17) is 30.2 Å². The summed E-state index contributed by atoms with van der Waals surface area (Å²) in [5, 5.41) is 0.654. The van der Waals surface area contributed by atoms with Crippen LogP contribution in [0.3, 0.4) is 0 Å². The molecule has 0 fully saturated rings. The number of hydrogen-bond acceptors (Lipinski definition) is 5. The van der Waals surface area contributed by atoms with Gasteiger partial charge in [-0.1, -0.05) is 48.0 Å². The monoisotopic (exact) mass is 503 g/mol. The number of carbonyl (C=O) groups excluding carboxylic acids is 1. The molecule has 36 heavy (non-hydrogen) atoms. The van der Waals surface area contributed by atoms with Crippen LogP contribution in [0.1, 0.15) is 39.6 Å². The Balaban J connectivity index is 1.46. The molecule has 5 rings (SSSR count). The van der Waals surface area contributed by atoms with Gasteiger partial charge < -0.3 is 23.5 Å². The van der Waals surface area contributed by atoms with Gasteiger partial charge in [-0.15, -0.1) is 0 Å². The molecule has 0 unspecified atom stereocenters. The second-order valence-corrected chi connectivity index (χ2v) is 8.96. The summed E-state index contributed by atoms with van der Waals surface area (Å²) in [5.41, 5.74) is 3.08. The van der Waals surface area contributed by atoms with Crippen molar-refractivity contribution < 1.29 is 23.4 Å². The van der Waals surface area contributed by atoms with Crippen LogP contribution in [0.5, 0.6) is 17.2 Å². The molecule has 1 atom stereocenters. The zero-order valence-electron chi connectivity index (χ0n) is 19.9. The van der Waals surface area contributed by atoms with Crippen LogP contribution in [0.15, 0.2) is 89.5 Å². The van der Waals surface area contributed by atoms with Crippen LogP contribution >= 0.6 is 11.6 Å². The number of halogens is 1. The molecule has 0 spiro atoms. The molecule has 1 aliphatic heterocycles. The molecule has 0 bridgehead atoms. The van der Waals surface area contributed by atoms with Crippen LogP contribution < -0.4 is 14.2 Å². The van der Waals surface area contributed by atoms with Gasteiger partial charge in [-0.25, -0.2) is 0 Å². The highest BCUT2D eigenvalue weighted by Gasteiger charge is 2.25. The average molecular weight is 504 g/mol. The first-order valence-corrected chi connectivity index (χ1v) is 12.1. The van der Waals surface area contributed by atoms with Gasteiger partial charge >= 0.3 is 0 Å². The Kier molecular flexibility index (Phi) is 7.14. The molecule has 7 heteroatoms. The van der Waals surface area contributed by atoms with Gasteiger partial charge in [0.2, 0.25) is 6.79 Å². The number of fused-ring (bicyclic) bond motifs is 1. The third kappa shape index (κ3) is 5.19. The number of methoxy groups -OCH3 is 1. The molecule has 1 aliphatic rings. The van der Waals surface area contributed by atoms with Gasteiger partial charge in [0.1, 0.15) is 5.75 Å². The van der Waals surface area contributed by atoms with E-state index in [1.165, 1.54) is 6.26 Å². The second kappa shape index (κ2) is 10.8. The highest BCUT2D eigenvalue weighted by atomic mass is 35.5. The minimum absolute atomic E-state index is 0.0484. The lowest BCUT2D eigenvalue weighted by atomic mass is 9.87.